The van der Waals surface area contributed by atoms with Gasteiger partial charge < -0.3 is 14.7 Å². The van der Waals surface area contributed by atoms with Crippen molar-refractivity contribution < 1.29 is 14.0 Å². The first-order chi connectivity index (χ1) is 14.4. The molecule has 1 saturated heterocycles. The number of fused-ring (bicyclic) bond motifs is 1. The number of benzene rings is 1. The summed E-state index contributed by atoms with van der Waals surface area (Å²) in [6.45, 7) is 2.43. The molecule has 4 rings (SSSR count). The molecule has 9 nitrogen and oxygen atoms in total. The number of aromatic nitrogens is 4. The Bertz CT molecular complexity index is 1090. The van der Waals surface area contributed by atoms with E-state index in [1.807, 2.05) is 12.1 Å². The van der Waals surface area contributed by atoms with E-state index >= 15 is 0 Å². The van der Waals surface area contributed by atoms with Crippen molar-refractivity contribution >= 4 is 23.3 Å². The van der Waals surface area contributed by atoms with Gasteiger partial charge in [-0.3, -0.25) is 9.59 Å². The molecule has 0 N–H and O–H groups in total. The fraction of sp³-hybridized carbons (Fsp3) is 0.350. The van der Waals surface area contributed by atoms with Crippen molar-refractivity contribution in [1.82, 2.24) is 29.6 Å². The molecule has 2 aromatic heterocycles. The normalized spacial score (nSPS) is 14.2. The summed E-state index contributed by atoms with van der Waals surface area (Å²) in [5.41, 5.74) is 1.28. The summed E-state index contributed by atoms with van der Waals surface area (Å²) in [7, 11) is 3.13. The molecule has 1 fully saturated rings. The monoisotopic (exact) mass is 411 g/mol. The summed E-state index contributed by atoms with van der Waals surface area (Å²) >= 11 is 0. The Kier molecular flexibility index (Phi) is 5.30. The van der Waals surface area contributed by atoms with Gasteiger partial charge in [-0.2, -0.15) is 4.52 Å². The number of carbonyl (C=O) groups excluding carboxylic acids is 2. The van der Waals surface area contributed by atoms with Crippen LogP contribution in [0.2, 0.25) is 0 Å². The third-order valence-electron chi connectivity index (χ3n) is 5.13. The fourth-order valence-corrected chi connectivity index (χ4v) is 3.45. The number of anilines is 1. The van der Waals surface area contributed by atoms with E-state index in [0.717, 1.165) is 5.82 Å². The zero-order valence-corrected chi connectivity index (χ0v) is 16.8. The minimum atomic E-state index is -0.587. The van der Waals surface area contributed by atoms with E-state index < -0.39 is 11.7 Å². The molecule has 0 unspecified atom stereocenters. The highest BCUT2D eigenvalue weighted by atomic mass is 19.1. The van der Waals surface area contributed by atoms with E-state index in [0.29, 0.717) is 37.4 Å². The summed E-state index contributed by atoms with van der Waals surface area (Å²) in [6.07, 6.45) is 1.68. The highest BCUT2D eigenvalue weighted by molar-refractivity contribution is 5.94. The number of hydrogen-bond donors (Lipinski definition) is 0. The maximum Gasteiger partial charge on any atom is 0.256 e. The second-order valence-electron chi connectivity index (χ2n) is 7.38. The lowest BCUT2D eigenvalue weighted by Gasteiger charge is -2.35. The highest BCUT2D eigenvalue weighted by Crippen LogP contribution is 2.17. The van der Waals surface area contributed by atoms with Crippen LogP contribution in [0.3, 0.4) is 0 Å². The molecule has 3 aromatic rings. The number of carbonyl (C=O) groups is 2. The van der Waals surface area contributed by atoms with E-state index in [1.165, 1.54) is 17.0 Å². The average Bonchev–Trinajstić information content (AvgIpc) is 3.22. The predicted molar refractivity (Wildman–Crippen MR) is 108 cm³/mol. The Hall–Kier alpha value is -3.56. The van der Waals surface area contributed by atoms with Crippen LogP contribution in [0.25, 0.3) is 5.65 Å². The van der Waals surface area contributed by atoms with Gasteiger partial charge in [-0.25, -0.2) is 4.39 Å². The highest BCUT2D eigenvalue weighted by Gasteiger charge is 2.23. The summed E-state index contributed by atoms with van der Waals surface area (Å²) in [6, 6.07) is 8.00. The number of piperazine rings is 1. The first-order valence-electron chi connectivity index (χ1n) is 9.62. The molecular formula is C20H22FN7O2. The third kappa shape index (κ3) is 3.93. The molecule has 1 aliphatic rings. The van der Waals surface area contributed by atoms with Gasteiger partial charge in [0.2, 0.25) is 5.91 Å². The Labute approximate surface area is 172 Å². The molecule has 1 aliphatic heterocycles. The van der Waals surface area contributed by atoms with Crippen LogP contribution in [0.15, 0.2) is 36.7 Å². The van der Waals surface area contributed by atoms with Crippen LogP contribution in [0, 0.1) is 5.82 Å². The number of nitrogens with zero attached hydrogens (tertiary/aromatic N) is 7. The molecular weight excluding hydrogens is 389 g/mol. The Morgan fingerprint density at radius 2 is 1.87 bits per heavy atom. The van der Waals surface area contributed by atoms with E-state index in [4.69, 9.17) is 0 Å². The lowest BCUT2D eigenvalue weighted by atomic mass is 10.1. The lowest BCUT2D eigenvalue weighted by Crippen LogP contribution is -2.49. The number of rotatable bonds is 4. The molecule has 3 heterocycles. The molecule has 0 radical (unpaired) electrons. The van der Waals surface area contributed by atoms with E-state index in [2.05, 4.69) is 20.2 Å². The van der Waals surface area contributed by atoms with Crippen LogP contribution in [-0.4, -0.2) is 81.7 Å². The van der Waals surface area contributed by atoms with Crippen molar-refractivity contribution in [2.24, 2.45) is 0 Å². The van der Waals surface area contributed by atoms with Gasteiger partial charge in [0.1, 0.15) is 18.0 Å². The quantitative estimate of drug-likeness (QED) is 0.633. The Morgan fingerprint density at radius 3 is 2.60 bits per heavy atom. The molecule has 1 aromatic carbocycles. The van der Waals surface area contributed by atoms with Crippen LogP contribution in [0.5, 0.6) is 0 Å². The van der Waals surface area contributed by atoms with Gasteiger partial charge in [-0.15, -0.1) is 15.3 Å². The molecule has 0 bridgehead atoms. The van der Waals surface area contributed by atoms with Crippen molar-refractivity contribution in [3.05, 3.63) is 53.6 Å². The van der Waals surface area contributed by atoms with E-state index in [-0.39, 0.29) is 17.9 Å². The second kappa shape index (κ2) is 8.05. The summed E-state index contributed by atoms with van der Waals surface area (Å²) in [5.74, 6) is -0.254. The Morgan fingerprint density at radius 1 is 1.10 bits per heavy atom. The van der Waals surface area contributed by atoms with Gasteiger partial charge in [0.25, 0.3) is 5.91 Å². The smallest absolute Gasteiger partial charge is 0.256 e. The second-order valence-corrected chi connectivity index (χ2v) is 7.38. The SMILES string of the molecule is CN(C)C(=O)c1cc(CC(=O)N2CCN(c3ccc4nncn4n3)CC2)ccc1F. The van der Waals surface area contributed by atoms with E-state index in [1.54, 1.807) is 35.9 Å². The molecule has 0 atom stereocenters. The predicted octanol–water partition coefficient (Wildman–Crippen LogP) is 0.856. The molecule has 0 aliphatic carbocycles. The fourth-order valence-electron chi connectivity index (χ4n) is 3.45. The Balaban J connectivity index is 1.38. The average molecular weight is 411 g/mol. The lowest BCUT2D eigenvalue weighted by molar-refractivity contribution is -0.130. The van der Waals surface area contributed by atoms with E-state index in [9.17, 15) is 14.0 Å². The summed E-state index contributed by atoms with van der Waals surface area (Å²) < 4.78 is 15.6. The maximum atomic E-state index is 14.0. The van der Waals surface area contributed by atoms with Gasteiger partial charge >= 0.3 is 0 Å². The van der Waals surface area contributed by atoms with Crippen LogP contribution in [0.4, 0.5) is 10.2 Å². The van der Waals surface area contributed by atoms with Crippen LogP contribution in [-0.2, 0) is 11.2 Å². The topological polar surface area (TPSA) is 86.9 Å². The minimum Gasteiger partial charge on any atom is -0.352 e. The molecule has 0 saturated carbocycles. The van der Waals surface area contributed by atoms with Gasteiger partial charge in [0.05, 0.1) is 12.0 Å². The van der Waals surface area contributed by atoms with Gasteiger partial charge in [-0.05, 0) is 29.8 Å². The zero-order chi connectivity index (χ0) is 21.3. The molecule has 10 heteroatoms. The van der Waals surface area contributed by atoms with Crippen molar-refractivity contribution in [2.75, 3.05) is 45.2 Å². The maximum absolute atomic E-state index is 14.0. The van der Waals surface area contributed by atoms with Gasteiger partial charge in [0.15, 0.2) is 5.65 Å². The third-order valence-corrected chi connectivity index (χ3v) is 5.13. The minimum absolute atomic E-state index is 0.0226. The zero-order valence-electron chi connectivity index (χ0n) is 16.8. The van der Waals surface area contributed by atoms with Crippen molar-refractivity contribution in [2.45, 2.75) is 6.42 Å². The molecule has 30 heavy (non-hydrogen) atoms. The number of amides is 2. The number of halogens is 1. The molecule has 156 valence electrons. The first-order valence-corrected chi connectivity index (χ1v) is 9.62. The van der Waals surface area contributed by atoms with Crippen LogP contribution >= 0.6 is 0 Å². The molecule has 0 spiro atoms. The summed E-state index contributed by atoms with van der Waals surface area (Å²) in [5, 5.41) is 12.3. The largest absolute Gasteiger partial charge is 0.352 e. The summed E-state index contributed by atoms with van der Waals surface area (Å²) in [4.78, 5) is 30.0. The van der Waals surface area contributed by atoms with Crippen molar-refractivity contribution in [3.63, 3.8) is 0 Å². The molecule has 2 amide bonds. The number of hydrogen-bond acceptors (Lipinski definition) is 6. The van der Waals surface area contributed by atoms with Crippen molar-refractivity contribution in [1.29, 1.82) is 0 Å². The van der Waals surface area contributed by atoms with Crippen LogP contribution in [0.1, 0.15) is 15.9 Å². The standard InChI is InChI=1S/C20H22FN7O2/c1-25(2)20(30)15-11-14(3-4-16(15)21)12-19(29)27-9-7-26(8-10-27)18-6-5-17-23-22-13-28(17)24-18/h3-6,11,13H,7-10,12H2,1-2H3. The van der Waals surface area contributed by atoms with Crippen LogP contribution < -0.4 is 4.90 Å². The van der Waals surface area contributed by atoms with Gasteiger partial charge in [0, 0.05) is 40.3 Å². The van der Waals surface area contributed by atoms with Crippen molar-refractivity contribution in [3.8, 4) is 0 Å². The first kappa shape index (κ1) is 19.7. The van der Waals surface area contributed by atoms with Gasteiger partial charge in [-0.1, -0.05) is 6.07 Å².